The highest BCUT2D eigenvalue weighted by Gasteiger charge is 2.07. The van der Waals surface area contributed by atoms with E-state index >= 15 is 0 Å². The SMILES string of the molecule is CCCOc1cccn(Cc2ccccc2C#N)c1=O. The Morgan fingerprint density at radius 2 is 2.05 bits per heavy atom. The fraction of sp³-hybridized carbons (Fsp3) is 0.250. The molecule has 0 aliphatic rings. The predicted octanol–water partition coefficient (Wildman–Crippen LogP) is 2.56. The maximum absolute atomic E-state index is 12.2. The highest BCUT2D eigenvalue weighted by atomic mass is 16.5. The molecule has 0 atom stereocenters. The molecule has 102 valence electrons. The normalized spacial score (nSPS) is 10.0. The molecule has 1 aromatic heterocycles. The summed E-state index contributed by atoms with van der Waals surface area (Å²) >= 11 is 0. The Morgan fingerprint density at radius 1 is 1.25 bits per heavy atom. The lowest BCUT2D eigenvalue weighted by molar-refractivity contribution is 0.310. The molecule has 4 heteroatoms. The summed E-state index contributed by atoms with van der Waals surface area (Å²) in [6, 6.07) is 12.9. The van der Waals surface area contributed by atoms with Crippen LogP contribution in [0.2, 0.25) is 0 Å². The highest BCUT2D eigenvalue weighted by Crippen LogP contribution is 2.10. The third-order valence-corrected chi connectivity index (χ3v) is 2.93. The molecule has 0 bridgehead atoms. The van der Waals surface area contributed by atoms with Crippen molar-refractivity contribution in [1.29, 1.82) is 5.26 Å². The van der Waals surface area contributed by atoms with Crippen molar-refractivity contribution in [3.8, 4) is 11.8 Å². The molecule has 2 aromatic rings. The van der Waals surface area contributed by atoms with Crippen molar-refractivity contribution in [3.63, 3.8) is 0 Å². The van der Waals surface area contributed by atoms with Gasteiger partial charge in [-0.25, -0.2) is 0 Å². The highest BCUT2D eigenvalue weighted by molar-refractivity contribution is 5.37. The van der Waals surface area contributed by atoms with Crippen molar-refractivity contribution in [1.82, 2.24) is 4.57 Å². The molecule has 0 N–H and O–H groups in total. The third-order valence-electron chi connectivity index (χ3n) is 2.93. The summed E-state index contributed by atoms with van der Waals surface area (Å²) in [7, 11) is 0. The minimum Gasteiger partial charge on any atom is -0.488 e. The Hall–Kier alpha value is -2.54. The number of benzene rings is 1. The molecule has 2 rings (SSSR count). The topological polar surface area (TPSA) is 55.0 Å². The van der Waals surface area contributed by atoms with Gasteiger partial charge >= 0.3 is 0 Å². The predicted molar refractivity (Wildman–Crippen MR) is 76.7 cm³/mol. The number of nitrogens with zero attached hydrogens (tertiary/aromatic N) is 2. The van der Waals surface area contributed by atoms with Crippen LogP contribution < -0.4 is 10.3 Å². The molecule has 1 aromatic carbocycles. The van der Waals surface area contributed by atoms with E-state index in [9.17, 15) is 4.79 Å². The largest absolute Gasteiger partial charge is 0.488 e. The van der Waals surface area contributed by atoms with Gasteiger partial charge in [0.05, 0.1) is 24.8 Å². The minimum atomic E-state index is -0.173. The quantitative estimate of drug-likeness (QED) is 0.837. The zero-order valence-electron chi connectivity index (χ0n) is 11.4. The van der Waals surface area contributed by atoms with Crippen molar-refractivity contribution in [2.75, 3.05) is 6.61 Å². The Morgan fingerprint density at radius 3 is 2.80 bits per heavy atom. The standard InChI is InChI=1S/C16H16N2O2/c1-2-10-20-15-8-5-9-18(16(15)19)12-14-7-4-3-6-13(14)11-17/h3-9H,2,10,12H2,1H3. The van der Waals surface area contributed by atoms with Gasteiger partial charge in [0.15, 0.2) is 5.75 Å². The molecular weight excluding hydrogens is 252 g/mol. The summed E-state index contributed by atoms with van der Waals surface area (Å²) < 4.78 is 6.98. The monoisotopic (exact) mass is 268 g/mol. The first kappa shape index (κ1) is 13.9. The van der Waals surface area contributed by atoms with Crippen LogP contribution in [0.4, 0.5) is 0 Å². The van der Waals surface area contributed by atoms with Crippen molar-refractivity contribution in [3.05, 3.63) is 64.1 Å². The molecule has 0 aliphatic heterocycles. The summed E-state index contributed by atoms with van der Waals surface area (Å²) in [5, 5.41) is 9.07. The van der Waals surface area contributed by atoms with Crippen LogP contribution in [0, 0.1) is 11.3 Å². The van der Waals surface area contributed by atoms with Crippen LogP contribution in [0.15, 0.2) is 47.4 Å². The maximum atomic E-state index is 12.2. The Labute approximate surface area is 117 Å². The average molecular weight is 268 g/mol. The van der Waals surface area contributed by atoms with Gasteiger partial charge in [0.1, 0.15) is 0 Å². The lowest BCUT2D eigenvalue weighted by atomic mass is 10.1. The van der Waals surface area contributed by atoms with E-state index in [-0.39, 0.29) is 5.56 Å². The fourth-order valence-corrected chi connectivity index (χ4v) is 1.91. The van der Waals surface area contributed by atoms with E-state index in [0.717, 1.165) is 12.0 Å². The van der Waals surface area contributed by atoms with Crippen LogP contribution in [-0.4, -0.2) is 11.2 Å². The van der Waals surface area contributed by atoms with Crippen LogP contribution in [0.1, 0.15) is 24.5 Å². The first-order valence-corrected chi connectivity index (χ1v) is 6.56. The van der Waals surface area contributed by atoms with Crippen molar-refractivity contribution in [2.45, 2.75) is 19.9 Å². The fourth-order valence-electron chi connectivity index (χ4n) is 1.91. The number of aromatic nitrogens is 1. The van der Waals surface area contributed by atoms with E-state index < -0.39 is 0 Å². The lowest BCUT2D eigenvalue weighted by Gasteiger charge is -2.10. The molecule has 0 fully saturated rings. The third kappa shape index (κ3) is 3.07. The molecule has 0 amide bonds. The molecule has 0 spiro atoms. The van der Waals surface area contributed by atoms with E-state index in [1.165, 1.54) is 0 Å². The molecule has 0 unspecified atom stereocenters. The number of ether oxygens (including phenoxy) is 1. The number of hydrogen-bond acceptors (Lipinski definition) is 3. The van der Waals surface area contributed by atoms with Crippen molar-refractivity contribution in [2.24, 2.45) is 0 Å². The van der Waals surface area contributed by atoms with Gasteiger partial charge in [0.2, 0.25) is 0 Å². The van der Waals surface area contributed by atoms with Gasteiger partial charge in [-0.1, -0.05) is 25.1 Å². The second-order valence-corrected chi connectivity index (χ2v) is 4.42. The zero-order chi connectivity index (χ0) is 14.4. The van der Waals surface area contributed by atoms with Crippen LogP contribution in [-0.2, 0) is 6.54 Å². The Kier molecular flexibility index (Phi) is 4.56. The molecule has 4 nitrogen and oxygen atoms in total. The van der Waals surface area contributed by atoms with Crippen molar-refractivity contribution >= 4 is 0 Å². The summed E-state index contributed by atoms with van der Waals surface area (Å²) in [5.41, 5.74) is 1.23. The van der Waals surface area contributed by atoms with E-state index in [0.29, 0.717) is 24.5 Å². The van der Waals surface area contributed by atoms with Gasteiger partial charge in [-0.2, -0.15) is 5.26 Å². The average Bonchev–Trinajstić information content (AvgIpc) is 2.48. The number of rotatable bonds is 5. The smallest absolute Gasteiger partial charge is 0.293 e. The van der Waals surface area contributed by atoms with Gasteiger partial charge in [0, 0.05) is 6.20 Å². The molecule has 1 heterocycles. The molecular formula is C16H16N2O2. The van der Waals surface area contributed by atoms with Gasteiger partial charge in [-0.05, 0) is 30.2 Å². The molecule has 0 aliphatic carbocycles. The number of pyridine rings is 1. The number of hydrogen-bond donors (Lipinski definition) is 0. The van der Waals surface area contributed by atoms with Crippen molar-refractivity contribution < 1.29 is 4.74 Å². The van der Waals surface area contributed by atoms with Gasteiger partial charge in [0.25, 0.3) is 5.56 Å². The van der Waals surface area contributed by atoms with E-state index in [2.05, 4.69) is 6.07 Å². The summed E-state index contributed by atoms with van der Waals surface area (Å²) in [4.78, 5) is 12.2. The maximum Gasteiger partial charge on any atom is 0.293 e. The summed E-state index contributed by atoms with van der Waals surface area (Å²) in [6.45, 7) is 2.88. The van der Waals surface area contributed by atoms with Gasteiger partial charge in [-0.3, -0.25) is 4.79 Å². The number of nitriles is 1. The first-order chi connectivity index (χ1) is 9.76. The van der Waals surface area contributed by atoms with Crippen LogP contribution in [0.5, 0.6) is 5.75 Å². The Balaban J connectivity index is 2.30. The summed E-state index contributed by atoms with van der Waals surface area (Å²) in [6.07, 6.45) is 2.56. The zero-order valence-corrected chi connectivity index (χ0v) is 11.4. The van der Waals surface area contributed by atoms with Gasteiger partial charge in [-0.15, -0.1) is 0 Å². The molecule has 20 heavy (non-hydrogen) atoms. The van der Waals surface area contributed by atoms with E-state index in [1.807, 2.05) is 25.1 Å². The minimum absolute atomic E-state index is 0.173. The first-order valence-electron chi connectivity index (χ1n) is 6.56. The van der Waals surface area contributed by atoms with Crippen LogP contribution in [0.25, 0.3) is 0 Å². The molecule has 0 saturated carbocycles. The van der Waals surface area contributed by atoms with E-state index in [4.69, 9.17) is 10.00 Å². The second kappa shape index (κ2) is 6.58. The Bertz CT molecular complexity index is 683. The lowest BCUT2D eigenvalue weighted by Crippen LogP contribution is -2.22. The molecule has 0 saturated heterocycles. The van der Waals surface area contributed by atoms with E-state index in [1.54, 1.807) is 29.0 Å². The van der Waals surface area contributed by atoms with Gasteiger partial charge < -0.3 is 9.30 Å². The van der Waals surface area contributed by atoms with Crippen LogP contribution in [0.3, 0.4) is 0 Å². The molecule has 0 radical (unpaired) electrons. The van der Waals surface area contributed by atoms with Crippen LogP contribution >= 0.6 is 0 Å². The summed E-state index contributed by atoms with van der Waals surface area (Å²) in [5.74, 6) is 0.351. The second-order valence-electron chi connectivity index (χ2n) is 4.42.